The van der Waals surface area contributed by atoms with Gasteiger partial charge in [-0.15, -0.1) is 0 Å². The Morgan fingerprint density at radius 3 is 3.00 bits per heavy atom. The first kappa shape index (κ1) is 18.2. The Bertz CT molecular complexity index is 700. The summed E-state index contributed by atoms with van der Waals surface area (Å²) in [6.07, 6.45) is 2.85. The second-order valence-electron chi connectivity index (χ2n) is 6.46. The Morgan fingerprint density at radius 1 is 1.31 bits per heavy atom. The first-order valence-electron chi connectivity index (χ1n) is 9.22. The van der Waals surface area contributed by atoms with Crippen LogP contribution >= 0.6 is 0 Å². The molecule has 1 unspecified atom stereocenters. The number of furan rings is 1. The van der Waals surface area contributed by atoms with E-state index in [0.717, 1.165) is 43.6 Å². The summed E-state index contributed by atoms with van der Waals surface area (Å²) in [6, 6.07) is 12.1. The smallest absolute Gasteiger partial charge is 0.191 e. The van der Waals surface area contributed by atoms with Gasteiger partial charge in [0.25, 0.3) is 0 Å². The summed E-state index contributed by atoms with van der Waals surface area (Å²) in [5.41, 5.74) is 1.23. The lowest BCUT2D eigenvalue weighted by Gasteiger charge is -2.20. The van der Waals surface area contributed by atoms with E-state index >= 15 is 0 Å². The van der Waals surface area contributed by atoms with Crippen LogP contribution < -0.4 is 20.3 Å². The molecule has 1 saturated heterocycles. The van der Waals surface area contributed by atoms with Crippen LogP contribution in [0.25, 0.3) is 0 Å². The van der Waals surface area contributed by atoms with Gasteiger partial charge in [0, 0.05) is 37.9 Å². The van der Waals surface area contributed by atoms with Crippen LogP contribution in [0.15, 0.2) is 52.1 Å². The molecule has 3 rings (SSSR count). The largest absolute Gasteiger partial charge is 0.497 e. The highest BCUT2D eigenvalue weighted by molar-refractivity contribution is 5.79. The van der Waals surface area contributed by atoms with Crippen molar-refractivity contribution in [1.29, 1.82) is 0 Å². The normalized spacial score (nSPS) is 17.4. The third-order valence-corrected chi connectivity index (χ3v) is 4.58. The third-order valence-electron chi connectivity index (χ3n) is 4.58. The van der Waals surface area contributed by atoms with Gasteiger partial charge in [0.05, 0.1) is 13.4 Å². The number of ether oxygens (including phenoxy) is 1. The number of nitrogens with one attached hydrogen (secondary N) is 2. The SMILES string of the molecule is CCNC(=NCc1ccco1)NCC1CCN(c2cccc(OC)c2)C1. The minimum Gasteiger partial charge on any atom is -0.497 e. The van der Waals surface area contributed by atoms with Crippen molar-refractivity contribution in [3.63, 3.8) is 0 Å². The number of aliphatic imine (C=N–C) groups is 1. The molecular weight excluding hydrogens is 328 g/mol. The fraction of sp³-hybridized carbons (Fsp3) is 0.450. The van der Waals surface area contributed by atoms with Crippen molar-refractivity contribution in [3.05, 3.63) is 48.4 Å². The molecule has 2 aromatic rings. The predicted molar refractivity (Wildman–Crippen MR) is 105 cm³/mol. The van der Waals surface area contributed by atoms with Crippen molar-refractivity contribution in [3.8, 4) is 5.75 Å². The first-order valence-corrected chi connectivity index (χ1v) is 9.22. The molecule has 0 radical (unpaired) electrons. The van der Waals surface area contributed by atoms with Crippen molar-refractivity contribution in [2.45, 2.75) is 19.9 Å². The van der Waals surface area contributed by atoms with Crippen LogP contribution in [-0.2, 0) is 6.54 Å². The van der Waals surface area contributed by atoms with Crippen LogP contribution in [0.5, 0.6) is 5.75 Å². The van der Waals surface area contributed by atoms with Crippen molar-refractivity contribution in [2.24, 2.45) is 10.9 Å². The highest BCUT2D eigenvalue weighted by Gasteiger charge is 2.23. The van der Waals surface area contributed by atoms with Gasteiger partial charge < -0.3 is 24.7 Å². The van der Waals surface area contributed by atoms with E-state index in [1.165, 1.54) is 12.1 Å². The molecule has 1 fully saturated rings. The van der Waals surface area contributed by atoms with E-state index in [-0.39, 0.29) is 0 Å². The van der Waals surface area contributed by atoms with E-state index in [1.807, 2.05) is 24.3 Å². The highest BCUT2D eigenvalue weighted by atomic mass is 16.5. The van der Waals surface area contributed by atoms with Crippen molar-refractivity contribution >= 4 is 11.6 Å². The molecule has 1 aliphatic rings. The molecule has 0 bridgehead atoms. The number of hydrogen-bond donors (Lipinski definition) is 2. The molecule has 0 amide bonds. The van der Waals surface area contributed by atoms with E-state index in [0.29, 0.717) is 12.5 Å². The van der Waals surface area contributed by atoms with Gasteiger partial charge in [-0.2, -0.15) is 0 Å². The predicted octanol–water partition coefficient (Wildman–Crippen LogP) is 2.87. The van der Waals surface area contributed by atoms with Crippen LogP contribution in [0.3, 0.4) is 0 Å². The Balaban J connectivity index is 1.51. The maximum Gasteiger partial charge on any atom is 0.191 e. The average molecular weight is 356 g/mol. The Kier molecular flexibility index (Phi) is 6.41. The van der Waals surface area contributed by atoms with Crippen LogP contribution in [0.2, 0.25) is 0 Å². The molecule has 6 nitrogen and oxygen atoms in total. The number of rotatable bonds is 7. The van der Waals surface area contributed by atoms with Gasteiger partial charge in [-0.3, -0.25) is 0 Å². The summed E-state index contributed by atoms with van der Waals surface area (Å²) in [5, 5.41) is 6.76. The van der Waals surface area contributed by atoms with E-state index in [1.54, 1.807) is 13.4 Å². The number of guanidine groups is 1. The van der Waals surface area contributed by atoms with Gasteiger partial charge >= 0.3 is 0 Å². The standard InChI is InChI=1S/C20H28N4O2/c1-3-21-20(23-14-19-8-5-11-26-19)22-13-16-9-10-24(15-16)17-6-4-7-18(12-17)25-2/h4-8,11-12,16H,3,9-10,13-15H2,1-2H3,(H2,21,22,23). The van der Waals surface area contributed by atoms with Gasteiger partial charge in [-0.1, -0.05) is 6.07 Å². The quantitative estimate of drug-likeness (QED) is 0.590. The minimum atomic E-state index is 0.545. The lowest BCUT2D eigenvalue weighted by atomic mass is 10.1. The fourth-order valence-electron chi connectivity index (χ4n) is 3.18. The van der Waals surface area contributed by atoms with E-state index < -0.39 is 0 Å². The monoisotopic (exact) mass is 356 g/mol. The van der Waals surface area contributed by atoms with Gasteiger partial charge in [-0.25, -0.2) is 4.99 Å². The minimum absolute atomic E-state index is 0.545. The summed E-state index contributed by atoms with van der Waals surface area (Å²) in [5.74, 6) is 3.20. The van der Waals surface area contributed by atoms with Crippen LogP contribution in [0.4, 0.5) is 5.69 Å². The number of benzene rings is 1. The highest BCUT2D eigenvalue weighted by Crippen LogP contribution is 2.26. The second kappa shape index (κ2) is 9.17. The van der Waals surface area contributed by atoms with Crippen molar-refractivity contribution in [2.75, 3.05) is 38.2 Å². The first-order chi connectivity index (χ1) is 12.8. The van der Waals surface area contributed by atoms with Crippen molar-refractivity contribution < 1.29 is 9.15 Å². The summed E-state index contributed by atoms with van der Waals surface area (Å²) in [7, 11) is 1.71. The third kappa shape index (κ3) is 4.94. The van der Waals surface area contributed by atoms with Gasteiger partial charge in [-0.05, 0) is 43.5 Å². The van der Waals surface area contributed by atoms with Gasteiger partial charge in [0.2, 0.25) is 0 Å². The molecule has 1 atom stereocenters. The van der Waals surface area contributed by atoms with Crippen LogP contribution in [0, 0.1) is 5.92 Å². The number of anilines is 1. The molecule has 1 aliphatic heterocycles. The number of methoxy groups -OCH3 is 1. The Hall–Kier alpha value is -2.63. The number of hydrogen-bond acceptors (Lipinski definition) is 4. The zero-order chi connectivity index (χ0) is 18.2. The summed E-state index contributed by atoms with van der Waals surface area (Å²) >= 11 is 0. The molecule has 0 spiro atoms. The summed E-state index contributed by atoms with van der Waals surface area (Å²) in [4.78, 5) is 7.01. The molecule has 6 heteroatoms. The lowest BCUT2D eigenvalue weighted by Crippen LogP contribution is -2.40. The van der Waals surface area contributed by atoms with Crippen LogP contribution in [0.1, 0.15) is 19.1 Å². The average Bonchev–Trinajstić information content (AvgIpc) is 3.36. The summed E-state index contributed by atoms with van der Waals surface area (Å²) < 4.78 is 10.7. The zero-order valence-corrected chi connectivity index (χ0v) is 15.6. The molecule has 2 N–H and O–H groups in total. The lowest BCUT2D eigenvalue weighted by molar-refractivity contribution is 0.415. The maximum atomic E-state index is 5.34. The molecule has 1 aromatic carbocycles. The molecular formula is C20H28N4O2. The van der Waals surface area contributed by atoms with Gasteiger partial charge in [0.15, 0.2) is 5.96 Å². The van der Waals surface area contributed by atoms with E-state index in [9.17, 15) is 0 Å². The molecule has 0 aliphatic carbocycles. The molecule has 0 saturated carbocycles. The molecule has 26 heavy (non-hydrogen) atoms. The maximum absolute atomic E-state index is 5.34. The fourth-order valence-corrected chi connectivity index (χ4v) is 3.18. The molecule has 2 heterocycles. The van der Waals surface area contributed by atoms with E-state index in [4.69, 9.17) is 9.15 Å². The zero-order valence-electron chi connectivity index (χ0n) is 15.6. The second-order valence-corrected chi connectivity index (χ2v) is 6.46. The molecule has 140 valence electrons. The van der Waals surface area contributed by atoms with Crippen LogP contribution in [-0.4, -0.2) is 39.2 Å². The number of nitrogens with zero attached hydrogens (tertiary/aromatic N) is 2. The Labute approximate surface area is 155 Å². The molecule has 1 aromatic heterocycles. The van der Waals surface area contributed by atoms with E-state index in [2.05, 4.69) is 39.6 Å². The van der Waals surface area contributed by atoms with Crippen molar-refractivity contribution in [1.82, 2.24) is 10.6 Å². The summed E-state index contributed by atoms with van der Waals surface area (Å²) in [6.45, 7) is 6.47. The Morgan fingerprint density at radius 2 is 2.23 bits per heavy atom. The topological polar surface area (TPSA) is 62.0 Å². The van der Waals surface area contributed by atoms with Gasteiger partial charge in [0.1, 0.15) is 18.1 Å².